The lowest BCUT2D eigenvalue weighted by molar-refractivity contribution is -0.143. The van der Waals surface area contributed by atoms with Gasteiger partial charge in [0.2, 0.25) is 5.91 Å². The summed E-state index contributed by atoms with van der Waals surface area (Å²) in [6.45, 7) is 2.70. The van der Waals surface area contributed by atoms with Crippen LogP contribution in [0.5, 0.6) is 0 Å². The van der Waals surface area contributed by atoms with Gasteiger partial charge in [-0.15, -0.1) is 12.4 Å². The van der Waals surface area contributed by atoms with Crippen molar-refractivity contribution in [2.24, 2.45) is 0 Å². The molecule has 1 N–H and O–H groups in total. The molecule has 0 saturated carbocycles. The zero-order valence-electron chi connectivity index (χ0n) is 9.41. The van der Waals surface area contributed by atoms with Crippen LogP contribution in [0, 0.1) is 0 Å². The molecule has 0 spiro atoms. The SMILES string of the molecule is CCOC(=O)CNC(=O)CCN(C)C.Cl. The van der Waals surface area contributed by atoms with E-state index in [1.54, 1.807) is 6.92 Å². The summed E-state index contributed by atoms with van der Waals surface area (Å²) in [6, 6.07) is 0. The maximum Gasteiger partial charge on any atom is 0.325 e. The minimum atomic E-state index is -0.397. The summed E-state index contributed by atoms with van der Waals surface area (Å²) < 4.78 is 4.65. The zero-order chi connectivity index (χ0) is 11.0. The minimum absolute atomic E-state index is 0. The molecule has 0 unspecified atom stereocenters. The molecule has 0 saturated heterocycles. The summed E-state index contributed by atoms with van der Waals surface area (Å²) in [7, 11) is 3.78. The summed E-state index contributed by atoms with van der Waals surface area (Å²) in [5.41, 5.74) is 0. The number of esters is 1. The van der Waals surface area contributed by atoms with E-state index in [9.17, 15) is 9.59 Å². The topological polar surface area (TPSA) is 58.6 Å². The predicted molar refractivity (Wildman–Crippen MR) is 60.1 cm³/mol. The number of nitrogens with one attached hydrogen (secondary N) is 1. The first-order valence-electron chi connectivity index (χ1n) is 4.63. The summed E-state index contributed by atoms with van der Waals surface area (Å²) in [5, 5.41) is 2.48. The molecule has 0 aliphatic heterocycles. The zero-order valence-corrected chi connectivity index (χ0v) is 10.2. The molecule has 0 radical (unpaired) electrons. The van der Waals surface area contributed by atoms with E-state index in [1.807, 2.05) is 19.0 Å². The number of nitrogens with zero attached hydrogens (tertiary/aromatic N) is 1. The highest BCUT2D eigenvalue weighted by Gasteiger charge is 2.05. The number of ether oxygens (including phenoxy) is 1. The van der Waals surface area contributed by atoms with Crippen LogP contribution in [0.4, 0.5) is 0 Å². The fourth-order valence-corrected chi connectivity index (χ4v) is 0.796. The normalized spacial score (nSPS) is 9.33. The van der Waals surface area contributed by atoms with Crippen molar-refractivity contribution in [2.45, 2.75) is 13.3 Å². The summed E-state index contributed by atoms with van der Waals surface area (Å²) >= 11 is 0. The lowest BCUT2D eigenvalue weighted by Crippen LogP contribution is -2.32. The van der Waals surface area contributed by atoms with E-state index in [-0.39, 0.29) is 24.9 Å². The van der Waals surface area contributed by atoms with Gasteiger partial charge in [0.15, 0.2) is 0 Å². The predicted octanol–water partition coefficient (Wildman–Crippen LogP) is 0.0392. The maximum absolute atomic E-state index is 11.1. The molecule has 5 nitrogen and oxygen atoms in total. The summed E-state index contributed by atoms with van der Waals surface area (Å²) in [5.74, 6) is -0.530. The van der Waals surface area contributed by atoms with Crippen LogP contribution in [-0.4, -0.2) is 50.6 Å². The first-order valence-corrected chi connectivity index (χ1v) is 4.63. The Morgan fingerprint density at radius 2 is 1.93 bits per heavy atom. The fourth-order valence-electron chi connectivity index (χ4n) is 0.796. The first kappa shape index (κ1) is 16.6. The van der Waals surface area contributed by atoms with E-state index in [0.29, 0.717) is 19.6 Å². The van der Waals surface area contributed by atoms with Gasteiger partial charge < -0.3 is 15.0 Å². The lowest BCUT2D eigenvalue weighted by atomic mass is 10.4. The standard InChI is InChI=1S/C9H18N2O3.ClH/c1-4-14-9(13)7-10-8(12)5-6-11(2)3;/h4-7H2,1-3H3,(H,10,12);1H. The van der Waals surface area contributed by atoms with E-state index in [2.05, 4.69) is 10.1 Å². The van der Waals surface area contributed by atoms with Crippen molar-refractivity contribution in [2.75, 3.05) is 33.8 Å². The van der Waals surface area contributed by atoms with Crippen LogP contribution in [-0.2, 0) is 14.3 Å². The average molecular weight is 239 g/mol. The highest BCUT2D eigenvalue weighted by molar-refractivity contribution is 5.85. The van der Waals surface area contributed by atoms with Crippen LogP contribution < -0.4 is 5.32 Å². The molecule has 0 bridgehead atoms. The monoisotopic (exact) mass is 238 g/mol. The maximum atomic E-state index is 11.1. The highest BCUT2D eigenvalue weighted by atomic mass is 35.5. The van der Waals surface area contributed by atoms with Crippen molar-refractivity contribution in [1.29, 1.82) is 0 Å². The van der Waals surface area contributed by atoms with Crippen LogP contribution in [0.25, 0.3) is 0 Å². The number of hydrogen-bond acceptors (Lipinski definition) is 4. The quantitative estimate of drug-likeness (QED) is 0.664. The molecule has 0 heterocycles. The molecular formula is C9H19ClN2O3. The molecule has 90 valence electrons. The third kappa shape index (κ3) is 11.1. The fraction of sp³-hybridized carbons (Fsp3) is 0.778. The van der Waals surface area contributed by atoms with E-state index >= 15 is 0 Å². The van der Waals surface area contributed by atoms with Crippen molar-refractivity contribution in [1.82, 2.24) is 10.2 Å². The molecule has 0 aromatic heterocycles. The van der Waals surface area contributed by atoms with E-state index in [1.165, 1.54) is 0 Å². The lowest BCUT2D eigenvalue weighted by Gasteiger charge is -2.09. The van der Waals surface area contributed by atoms with Crippen LogP contribution >= 0.6 is 12.4 Å². The van der Waals surface area contributed by atoms with Gasteiger partial charge in [-0.3, -0.25) is 9.59 Å². The van der Waals surface area contributed by atoms with Crippen molar-refractivity contribution < 1.29 is 14.3 Å². The van der Waals surface area contributed by atoms with E-state index in [4.69, 9.17) is 0 Å². The van der Waals surface area contributed by atoms with Gasteiger partial charge in [0.05, 0.1) is 6.61 Å². The molecule has 6 heteroatoms. The van der Waals surface area contributed by atoms with E-state index in [0.717, 1.165) is 0 Å². The number of rotatable bonds is 6. The molecule has 15 heavy (non-hydrogen) atoms. The van der Waals surface area contributed by atoms with Crippen LogP contribution in [0.3, 0.4) is 0 Å². The van der Waals surface area contributed by atoms with Crippen molar-refractivity contribution in [3.8, 4) is 0 Å². The van der Waals surface area contributed by atoms with Gasteiger partial charge in [-0.1, -0.05) is 0 Å². The van der Waals surface area contributed by atoms with Crippen LogP contribution in [0.1, 0.15) is 13.3 Å². The molecule has 0 fully saturated rings. The van der Waals surface area contributed by atoms with Gasteiger partial charge in [0.1, 0.15) is 6.54 Å². The number of halogens is 1. The van der Waals surface area contributed by atoms with Gasteiger partial charge in [-0.25, -0.2) is 0 Å². The Labute approximate surface area is 96.6 Å². The molecule has 0 aromatic carbocycles. The van der Waals surface area contributed by atoms with Gasteiger partial charge >= 0.3 is 5.97 Å². The Bertz CT molecular complexity index is 198. The molecule has 0 rings (SSSR count). The summed E-state index contributed by atoms with van der Waals surface area (Å²) in [4.78, 5) is 23.9. The third-order valence-corrected chi connectivity index (χ3v) is 1.52. The Balaban J connectivity index is 0. The number of carbonyl (C=O) groups is 2. The molecule has 0 atom stereocenters. The molecular weight excluding hydrogens is 220 g/mol. The molecule has 1 amide bonds. The van der Waals surface area contributed by atoms with Crippen LogP contribution in [0.15, 0.2) is 0 Å². The molecule has 0 aliphatic carbocycles. The smallest absolute Gasteiger partial charge is 0.325 e. The second-order valence-corrected chi connectivity index (χ2v) is 3.14. The van der Waals surface area contributed by atoms with Gasteiger partial charge in [-0.2, -0.15) is 0 Å². The van der Waals surface area contributed by atoms with Crippen molar-refractivity contribution >= 4 is 24.3 Å². The second-order valence-electron chi connectivity index (χ2n) is 3.14. The Morgan fingerprint density at radius 1 is 1.33 bits per heavy atom. The van der Waals surface area contributed by atoms with Gasteiger partial charge in [0.25, 0.3) is 0 Å². The van der Waals surface area contributed by atoms with Crippen molar-refractivity contribution in [3.05, 3.63) is 0 Å². The largest absolute Gasteiger partial charge is 0.465 e. The third-order valence-electron chi connectivity index (χ3n) is 1.52. The number of carbonyl (C=O) groups excluding carboxylic acids is 2. The number of hydrogen-bond donors (Lipinski definition) is 1. The second kappa shape index (κ2) is 9.73. The minimum Gasteiger partial charge on any atom is -0.465 e. The Kier molecular flexibility index (Phi) is 10.8. The van der Waals surface area contributed by atoms with E-state index < -0.39 is 5.97 Å². The van der Waals surface area contributed by atoms with Crippen LogP contribution in [0.2, 0.25) is 0 Å². The Hall–Kier alpha value is -0.810. The first-order chi connectivity index (χ1) is 6.56. The Morgan fingerprint density at radius 3 is 2.40 bits per heavy atom. The van der Waals surface area contributed by atoms with Gasteiger partial charge in [0, 0.05) is 13.0 Å². The summed E-state index contributed by atoms with van der Waals surface area (Å²) in [6.07, 6.45) is 0.395. The average Bonchev–Trinajstić information content (AvgIpc) is 2.12. The highest BCUT2D eigenvalue weighted by Crippen LogP contribution is 1.83. The molecule has 0 aliphatic rings. The number of amides is 1. The van der Waals surface area contributed by atoms with Crippen molar-refractivity contribution in [3.63, 3.8) is 0 Å². The molecule has 0 aromatic rings. The van der Waals surface area contributed by atoms with Gasteiger partial charge in [-0.05, 0) is 21.0 Å².